The number of fused-ring (bicyclic) bond motifs is 10. The summed E-state index contributed by atoms with van der Waals surface area (Å²) in [4.78, 5) is 15.1. The fraction of sp³-hybridized carbons (Fsp3) is 0.0217. The molecule has 8 aromatic carbocycles. The fourth-order valence-electron chi connectivity index (χ4n) is 7.41. The first kappa shape index (κ1) is 29.5. The molecule has 0 saturated carbocycles. The number of hydrogen-bond acceptors (Lipinski definition) is 3. The molecule has 0 bridgehead atoms. The first-order valence-electron chi connectivity index (χ1n) is 16.5. The van der Waals surface area contributed by atoms with Crippen LogP contribution in [0.3, 0.4) is 0 Å². The summed E-state index contributed by atoms with van der Waals surface area (Å²) in [6.07, 6.45) is 0. The van der Waals surface area contributed by atoms with Crippen molar-refractivity contribution in [2.45, 2.75) is 7.43 Å². The summed E-state index contributed by atoms with van der Waals surface area (Å²) in [5.74, 6) is 1.94. The zero-order chi connectivity index (χ0) is 32.3. The van der Waals surface area contributed by atoms with Crippen LogP contribution in [0.5, 0.6) is 0 Å². The maximum absolute atomic E-state index is 5.07. The quantitative estimate of drug-likeness (QED) is 0.180. The van der Waals surface area contributed by atoms with Crippen LogP contribution in [0.25, 0.3) is 94.0 Å². The van der Waals surface area contributed by atoms with Gasteiger partial charge in [0.25, 0.3) is 0 Å². The van der Waals surface area contributed by atoms with Gasteiger partial charge in [0.05, 0.1) is 11.0 Å². The molecule has 10 rings (SSSR count). The van der Waals surface area contributed by atoms with Gasteiger partial charge in [-0.1, -0.05) is 159 Å². The van der Waals surface area contributed by atoms with E-state index >= 15 is 0 Å². The number of nitrogens with zero attached hydrogens (tertiary/aromatic N) is 4. The molecule has 10 aromatic rings. The van der Waals surface area contributed by atoms with Crippen molar-refractivity contribution >= 4 is 54.1 Å². The molecule has 0 N–H and O–H groups in total. The highest BCUT2D eigenvalue weighted by molar-refractivity contribution is 6.36. The van der Waals surface area contributed by atoms with Crippen molar-refractivity contribution in [3.8, 4) is 39.9 Å². The van der Waals surface area contributed by atoms with Gasteiger partial charge >= 0.3 is 0 Å². The van der Waals surface area contributed by atoms with Crippen molar-refractivity contribution in [2.75, 3.05) is 0 Å². The first-order valence-corrected chi connectivity index (χ1v) is 16.5. The minimum absolute atomic E-state index is 0. The van der Waals surface area contributed by atoms with Gasteiger partial charge in [0.2, 0.25) is 0 Å². The molecule has 0 unspecified atom stereocenters. The summed E-state index contributed by atoms with van der Waals surface area (Å²) < 4.78 is 2.44. The average Bonchev–Trinajstić information content (AvgIpc) is 3.53. The zero-order valence-electron chi connectivity index (χ0n) is 26.5. The maximum atomic E-state index is 5.07. The van der Waals surface area contributed by atoms with E-state index in [2.05, 4.69) is 114 Å². The minimum Gasteiger partial charge on any atom is -0.309 e. The summed E-state index contributed by atoms with van der Waals surface area (Å²) in [7, 11) is 0. The highest BCUT2D eigenvalue weighted by Crippen LogP contribution is 2.45. The predicted octanol–water partition coefficient (Wildman–Crippen LogP) is 12.1. The summed E-state index contributed by atoms with van der Waals surface area (Å²) in [6.45, 7) is 0. The SMILES string of the molecule is C.c1ccc(-c2nc(-c3ccccc3)nc(-c3ccc4c5c6ccccc6c6ccc7ccccc7c6c5n(-c5ccccc5)c4c3)n2)cc1. The van der Waals surface area contributed by atoms with Gasteiger partial charge in [0.15, 0.2) is 17.5 Å². The number of hydrogen-bond donors (Lipinski definition) is 0. The molecule has 0 aliphatic carbocycles. The third kappa shape index (κ3) is 4.57. The van der Waals surface area contributed by atoms with Gasteiger partial charge in [-0.2, -0.15) is 0 Å². The van der Waals surface area contributed by atoms with Crippen molar-refractivity contribution in [3.63, 3.8) is 0 Å². The summed E-state index contributed by atoms with van der Waals surface area (Å²) in [6, 6.07) is 59.7. The minimum atomic E-state index is 0. The molecular weight excluding hydrogens is 609 g/mol. The summed E-state index contributed by atoms with van der Waals surface area (Å²) in [5.41, 5.74) is 6.25. The maximum Gasteiger partial charge on any atom is 0.164 e. The number of aromatic nitrogens is 4. The Morgan fingerprint density at radius 2 is 0.840 bits per heavy atom. The number of rotatable bonds is 4. The van der Waals surface area contributed by atoms with E-state index in [1.54, 1.807) is 0 Å². The molecule has 0 aliphatic rings. The molecule has 4 heteroatoms. The summed E-state index contributed by atoms with van der Waals surface area (Å²) in [5, 5.41) is 9.91. The van der Waals surface area contributed by atoms with Crippen molar-refractivity contribution in [2.24, 2.45) is 0 Å². The second kappa shape index (κ2) is 11.8. The molecule has 0 amide bonds. The Labute approximate surface area is 290 Å². The fourth-order valence-corrected chi connectivity index (χ4v) is 7.41. The molecule has 4 nitrogen and oxygen atoms in total. The lowest BCUT2D eigenvalue weighted by atomic mass is 9.93. The monoisotopic (exact) mass is 640 g/mol. The smallest absolute Gasteiger partial charge is 0.164 e. The van der Waals surface area contributed by atoms with Gasteiger partial charge in [0, 0.05) is 38.5 Å². The van der Waals surface area contributed by atoms with E-state index < -0.39 is 0 Å². The van der Waals surface area contributed by atoms with Crippen LogP contribution in [-0.4, -0.2) is 19.5 Å². The zero-order valence-corrected chi connectivity index (χ0v) is 26.5. The van der Waals surface area contributed by atoms with Crippen LogP contribution in [0.4, 0.5) is 0 Å². The van der Waals surface area contributed by atoms with E-state index in [0.717, 1.165) is 27.9 Å². The lowest BCUT2D eigenvalue weighted by Gasteiger charge is -2.14. The van der Waals surface area contributed by atoms with Crippen molar-refractivity contribution in [1.29, 1.82) is 0 Å². The Kier molecular flexibility index (Phi) is 6.96. The van der Waals surface area contributed by atoms with E-state index in [4.69, 9.17) is 15.0 Å². The molecule has 0 atom stereocenters. The van der Waals surface area contributed by atoms with Crippen LogP contribution in [0.1, 0.15) is 7.43 Å². The highest BCUT2D eigenvalue weighted by atomic mass is 15.0. The Hall–Kier alpha value is -6.65. The highest BCUT2D eigenvalue weighted by Gasteiger charge is 2.21. The average molecular weight is 641 g/mol. The van der Waals surface area contributed by atoms with Crippen molar-refractivity contribution < 1.29 is 0 Å². The largest absolute Gasteiger partial charge is 0.309 e. The van der Waals surface area contributed by atoms with Gasteiger partial charge in [-0.05, 0) is 45.1 Å². The number of para-hydroxylation sites is 1. The molecule has 50 heavy (non-hydrogen) atoms. The van der Waals surface area contributed by atoms with Crippen LogP contribution in [0.15, 0.2) is 170 Å². The summed E-state index contributed by atoms with van der Waals surface area (Å²) >= 11 is 0. The second-order valence-corrected chi connectivity index (χ2v) is 12.4. The molecule has 0 saturated heterocycles. The Morgan fingerprint density at radius 3 is 1.50 bits per heavy atom. The van der Waals surface area contributed by atoms with Crippen molar-refractivity contribution in [3.05, 3.63) is 170 Å². The van der Waals surface area contributed by atoms with Crippen LogP contribution in [-0.2, 0) is 0 Å². The van der Waals surface area contributed by atoms with Gasteiger partial charge in [0.1, 0.15) is 0 Å². The second-order valence-electron chi connectivity index (χ2n) is 12.4. The molecule has 0 spiro atoms. The Bertz CT molecular complexity index is 2800. The Morgan fingerprint density at radius 1 is 0.360 bits per heavy atom. The van der Waals surface area contributed by atoms with E-state index in [1.165, 1.54) is 48.6 Å². The molecule has 0 aliphatic heterocycles. The van der Waals surface area contributed by atoms with Crippen LogP contribution in [0, 0.1) is 0 Å². The Balaban J connectivity index is 0.00000336. The normalized spacial score (nSPS) is 11.4. The molecule has 0 radical (unpaired) electrons. The lowest BCUT2D eigenvalue weighted by molar-refractivity contribution is 1.07. The molecule has 0 fully saturated rings. The van der Waals surface area contributed by atoms with Gasteiger partial charge in [-0.15, -0.1) is 0 Å². The molecular formula is C46H32N4. The van der Waals surface area contributed by atoms with E-state index in [1.807, 2.05) is 60.7 Å². The molecule has 236 valence electrons. The van der Waals surface area contributed by atoms with Gasteiger partial charge in [-0.3, -0.25) is 0 Å². The van der Waals surface area contributed by atoms with E-state index in [-0.39, 0.29) is 7.43 Å². The van der Waals surface area contributed by atoms with Crippen LogP contribution in [0.2, 0.25) is 0 Å². The topological polar surface area (TPSA) is 43.6 Å². The third-order valence-corrected chi connectivity index (χ3v) is 9.59. The standard InChI is InChI=1S/C45H28N4.CH4/c1-4-15-30(16-5-1)43-46-44(31-17-6-2-7-18-31)48-45(47-43)32-25-27-38-39(28-32)49(33-19-8-3-9-20-33)42-40-34-21-11-10-14-29(34)24-26-37(40)35-22-12-13-23-36(35)41(38)42;/h1-28H;1H4. The molecule has 2 aromatic heterocycles. The van der Waals surface area contributed by atoms with Crippen molar-refractivity contribution in [1.82, 2.24) is 19.5 Å². The predicted molar refractivity (Wildman–Crippen MR) is 210 cm³/mol. The van der Waals surface area contributed by atoms with E-state index in [9.17, 15) is 0 Å². The van der Waals surface area contributed by atoms with Crippen LogP contribution < -0.4 is 0 Å². The third-order valence-electron chi connectivity index (χ3n) is 9.59. The van der Waals surface area contributed by atoms with E-state index in [0.29, 0.717) is 17.5 Å². The first-order chi connectivity index (χ1) is 24.3. The van der Waals surface area contributed by atoms with Crippen LogP contribution >= 0.6 is 0 Å². The lowest BCUT2D eigenvalue weighted by Crippen LogP contribution is -2.00. The number of benzene rings is 8. The van der Waals surface area contributed by atoms with Gasteiger partial charge < -0.3 is 4.57 Å². The molecule has 2 heterocycles. The van der Waals surface area contributed by atoms with Gasteiger partial charge in [-0.25, -0.2) is 15.0 Å².